The highest BCUT2D eigenvalue weighted by Gasteiger charge is 2.18. The van der Waals surface area contributed by atoms with Crippen molar-refractivity contribution < 1.29 is 9.47 Å². The van der Waals surface area contributed by atoms with E-state index in [0.29, 0.717) is 6.79 Å². The fourth-order valence-electron chi connectivity index (χ4n) is 2.59. The number of benzene rings is 2. The molecule has 1 heterocycles. The summed E-state index contributed by atoms with van der Waals surface area (Å²) in [7, 11) is 0. The topological polar surface area (TPSA) is 30.5 Å². The number of halogens is 1. The van der Waals surface area contributed by atoms with E-state index in [2.05, 4.69) is 59.4 Å². The number of hydrogen-bond donors (Lipinski definition) is 1. The molecule has 2 aromatic rings. The van der Waals surface area contributed by atoms with Gasteiger partial charge in [0.15, 0.2) is 11.5 Å². The zero-order valence-electron chi connectivity index (χ0n) is 12.2. The zero-order valence-corrected chi connectivity index (χ0v) is 13.8. The molecule has 0 spiro atoms. The normalized spacial score (nSPS) is 12.5. The van der Waals surface area contributed by atoms with Gasteiger partial charge in [0, 0.05) is 12.2 Å². The molecule has 3 rings (SSSR count). The van der Waals surface area contributed by atoms with Gasteiger partial charge < -0.3 is 14.8 Å². The maximum absolute atomic E-state index is 5.46. The van der Waals surface area contributed by atoms with Crippen molar-refractivity contribution in [3.05, 3.63) is 51.5 Å². The molecule has 0 radical (unpaired) electrons. The van der Waals surface area contributed by atoms with E-state index in [0.717, 1.165) is 34.5 Å². The zero-order chi connectivity index (χ0) is 14.8. The Balaban J connectivity index is 1.81. The molecule has 0 aliphatic carbocycles. The largest absolute Gasteiger partial charge is 0.454 e. The molecule has 0 unspecified atom stereocenters. The number of fused-ring (bicyclic) bond motifs is 1. The van der Waals surface area contributed by atoms with E-state index in [9.17, 15) is 0 Å². The fourth-order valence-corrected chi connectivity index (χ4v) is 3.19. The fraction of sp³-hybridized carbons (Fsp3) is 0.294. The number of rotatable bonds is 4. The summed E-state index contributed by atoms with van der Waals surface area (Å²) in [5, 5.41) is 3.55. The van der Waals surface area contributed by atoms with Crippen LogP contribution in [0.25, 0.3) is 0 Å². The Bertz CT molecular complexity index is 670. The lowest BCUT2D eigenvalue weighted by atomic mass is 10.1. The van der Waals surface area contributed by atoms with E-state index in [1.807, 2.05) is 6.07 Å². The number of aryl methyl sites for hydroxylation is 2. The molecular weight excluding hydrogens is 330 g/mol. The van der Waals surface area contributed by atoms with Crippen LogP contribution in [0.4, 0.5) is 5.69 Å². The smallest absolute Gasteiger partial charge is 0.231 e. The van der Waals surface area contributed by atoms with Gasteiger partial charge in [0.2, 0.25) is 6.79 Å². The quantitative estimate of drug-likeness (QED) is 0.872. The average molecular weight is 348 g/mol. The molecule has 1 aliphatic heterocycles. The van der Waals surface area contributed by atoms with Crippen LogP contribution in [-0.2, 0) is 13.0 Å². The molecule has 3 nitrogen and oxygen atoms in total. The van der Waals surface area contributed by atoms with Gasteiger partial charge in [-0.3, -0.25) is 0 Å². The highest BCUT2D eigenvalue weighted by atomic mass is 79.9. The van der Waals surface area contributed by atoms with Gasteiger partial charge in [-0.05, 0) is 58.1 Å². The van der Waals surface area contributed by atoms with Gasteiger partial charge in [-0.15, -0.1) is 0 Å². The second kappa shape index (κ2) is 5.98. The van der Waals surface area contributed by atoms with Crippen molar-refractivity contribution in [1.82, 2.24) is 0 Å². The summed E-state index contributed by atoms with van der Waals surface area (Å²) >= 11 is 3.53. The molecule has 1 N–H and O–H groups in total. The van der Waals surface area contributed by atoms with Crippen LogP contribution in [0, 0.1) is 6.92 Å². The van der Waals surface area contributed by atoms with Crippen LogP contribution < -0.4 is 14.8 Å². The molecule has 0 saturated carbocycles. The third-order valence-electron chi connectivity index (χ3n) is 3.70. The summed E-state index contributed by atoms with van der Waals surface area (Å²) < 4.78 is 11.8. The maximum Gasteiger partial charge on any atom is 0.231 e. The first-order chi connectivity index (χ1) is 10.2. The lowest BCUT2D eigenvalue weighted by Gasteiger charge is -2.14. The molecule has 0 saturated heterocycles. The average Bonchev–Trinajstić information content (AvgIpc) is 2.94. The van der Waals surface area contributed by atoms with Crippen molar-refractivity contribution in [2.75, 3.05) is 12.1 Å². The van der Waals surface area contributed by atoms with E-state index in [1.165, 1.54) is 16.8 Å². The first-order valence-electron chi connectivity index (χ1n) is 7.09. The standard InChI is InChI=1S/C17H18BrNO2/c1-3-13-6-4-5-11(2)16(13)19-9-12-7-14(18)17-15(8-12)20-10-21-17/h4-8,19H,3,9-10H2,1-2H3. The molecule has 0 aromatic heterocycles. The third kappa shape index (κ3) is 2.86. The van der Waals surface area contributed by atoms with Gasteiger partial charge in [-0.1, -0.05) is 25.1 Å². The predicted molar refractivity (Wildman–Crippen MR) is 88.1 cm³/mol. The van der Waals surface area contributed by atoms with Crippen molar-refractivity contribution in [3.8, 4) is 11.5 Å². The van der Waals surface area contributed by atoms with Crippen LogP contribution >= 0.6 is 15.9 Å². The minimum atomic E-state index is 0.294. The van der Waals surface area contributed by atoms with Crippen LogP contribution in [0.3, 0.4) is 0 Å². The second-order valence-electron chi connectivity index (χ2n) is 5.13. The monoisotopic (exact) mass is 347 g/mol. The highest BCUT2D eigenvalue weighted by molar-refractivity contribution is 9.10. The van der Waals surface area contributed by atoms with Gasteiger partial charge in [0.25, 0.3) is 0 Å². The Morgan fingerprint density at radius 2 is 2.10 bits per heavy atom. The number of hydrogen-bond acceptors (Lipinski definition) is 3. The Morgan fingerprint density at radius 3 is 2.90 bits per heavy atom. The predicted octanol–water partition coefficient (Wildman–Crippen LogP) is 4.66. The van der Waals surface area contributed by atoms with Crippen molar-refractivity contribution in [2.24, 2.45) is 0 Å². The summed E-state index contributed by atoms with van der Waals surface area (Å²) in [6.07, 6.45) is 1.02. The van der Waals surface area contributed by atoms with Crippen LogP contribution in [0.2, 0.25) is 0 Å². The Labute approximate surface area is 133 Å². The number of ether oxygens (including phenoxy) is 2. The van der Waals surface area contributed by atoms with Crippen molar-refractivity contribution in [2.45, 2.75) is 26.8 Å². The Morgan fingerprint density at radius 1 is 1.24 bits per heavy atom. The summed E-state index contributed by atoms with van der Waals surface area (Å²) in [5.74, 6) is 1.60. The van der Waals surface area contributed by atoms with Crippen LogP contribution in [-0.4, -0.2) is 6.79 Å². The summed E-state index contributed by atoms with van der Waals surface area (Å²) in [6, 6.07) is 10.5. The lowest BCUT2D eigenvalue weighted by Crippen LogP contribution is -2.04. The van der Waals surface area contributed by atoms with Gasteiger partial charge in [-0.25, -0.2) is 0 Å². The molecule has 0 amide bonds. The Hall–Kier alpha value is -1.68. The van der Waals surface area contributed by atoms with E-state index in [4.69, 9.17) is 9.47 Å². The first-order valence-corrected chi connectivity index (χ1v) is 7.88. The summed E-state index contributed by atoms with van der Waals surface area (Å²) in [5.41, 5.74) is 5.01. The van der Waals surface area contributed by atoms with E-state index < -0.39 is 0 Å². The van der Waals surface area contributed by atoms with Gasteiger partial charge in [0.1, 0.15) is 0 Å². The van der Waals surface area contributed by atoms with Crippen LogP contribution in [0.15, 0.2) is 34.8 Å². The first kappa shape index (κ1) is 14.3. The molecule has 21 heavy (non-hydrogen) atoms. The van der Waals surface area contributed by atoms with E-state index in [1.54, 1.807) is 0 Å². The molecule has 4 heteroatoms. The van der Waals surface area contributed by atoms with Crippen LogP contribution in [0.5, 0.6) is 11.5 Å². The lowest BCUT2D eigenvalue weighted by molar-refractivity contribution is 0.173. The van der Waals surface area contributed by atoms with Crippen molar-refractivity contribution in [3.63, 3.8) is 0 Å². The third-order valence-corrected chi connectivity index (χ3v) is 4.29. The number of anilines is 1. The molecule has 0 bridgehead atoms. The maximum atomic E-state index is 5.46. The number of para-hydroxylation sites is 1. The van der Waals surface area contributed by atoms with E-state index in [-0.39, 0.29) is 0 Å². The summed E-state index contributed by atoms with van der Waals surface area (Å²) in [4.78, 5) is 0. The molecule has 2 aromatic carbocycles. The van der Waals surface area contributed by atoms with Crippen molar-refractivity contribution >= 4 is 21.6 Å². The Kier molecular flexibility index (Phi) is 4.06. The summed E-state index contributed by atoms with van der Waals surface area (Å²) in [6.45, 7) is 5.36. The molecule has 110 valence electrons. The second-order valence-corrected chi connectivity index (χ2v) is 5.98. The van der Waals surface area contributed by atoms with Gasteiger partial charge in [0.05, 0.1) is 4.47 Å². The van der Waals surface area contributed by atoms with E-state index >= 15 is 0 Å². The van der Waals surface area contributed by atoms with Crippen molar-refractivity contribution in [1.29, 1.82) is 0 Å². The molecule has 0 atom stereocenters. The minimum Gasteiger partial charge on any atom is -0.454 e. The molecule has 1 aliphatic rings. The minimum absolute atomic E-state index is 0.294. The number of nitrogens with one attached hydrogen (secondary N) is 1. The SMILES string of the molecule is CCc1cccc(C)c1NCc1cc(Br)c2c(c1)OCO2. The van der Waals surface area contributed by atoms with Gasteiger partial charge >= 0.3 is 0 Å². The van der Waals surface area contributed by atoms with Crippen LogP contribution in [0.1, 0.15) is 23.6 Å². The van der Waals surface area contributed by atoms with Gasteiger partial charge in [-0.2, -0.15) is 0 Å². The molecule has 0 fully saturated rings. The molecular formula is C17H18BrNO2. The highest BCUT2D eigenvalue weighted by Crippen LogP contribution is 2.40.